The van der Waals surface area contributed by atoms with Crippen LogP contribution in [-0.4, -0.2) is 51.3 Å². The van der Waals surface area contributed by atoms with E-state index < -0.39 is 9.52 Å². The van der Waals surface area contributed by atoms with Crippen LogP contribution < -0.4 is 5.19 Å². The number of unbranched alkanes of at least 4 members (excludes halogenated alkanes) is 4. The van der Waals surface area contributed by atoms with E-state index in [1.165, 1.54) is 88.7 Å². The molecule has 0 radical (unpaired) electrons. The molecule has 2 nitrogen and oxygen atoms in total. The summed E-state index contributed by atoms with van der Waals surface area (Å²) in [6, 6.07) is 9.26. The molecule has 0 unspecified atom stereocenters. The predicted octanol–water partition coefficient (Wildman–Crippen LogP) is 5.60. The monoisotopic (exact) mass is 416 g/mol. The third kappa shape index (κ3) is 10.1. The number of hydrogen-bond donors (Lipinski definition) is 0. The highest BCUT2D eigenvalue weighted by atomic mass is 28.2. The van der Waals surface area contributed by atoms with Gasteiger partial charge in [-0.15, -0.1) is 0 Å². The maximum absolute atomic E-state index is 4.17. The predicted molar refractivity (Wildman–Crippen MR) is 136 cm³/mol. The highest BCUT2D eigenvalue weighted by Crippen LogP contribution is 2.14. The molecule has 0 aliphatic rings. The van der Waals surface area contributed by atoms with Gasteiger partial charge in [0.05, 0.1) is 15.3 Å². The Morgan fingerprint density at radius 2 is 1.28 bits per heavy atom. The Labute approximate surface area is 184 Å². The number of benzene rings is 1. The molecule has 0 saturated heterocycles. The summed E-state index contributed by atoms with van der Waals surface area (Å²) in [5, 5.41) is 1.59. The van der Waals surface area contributed by atoms with E-state index in [4.69, 9.17) is 0 Å². The molecule has 29 heavy (non-hydrogen) atoms. The third-order valence-corrected chi connectivity index (χ3v) is 8.19. The number of nitrogens with zero attached hydrogens (tertiary/aromatic N) is 2. The molecule has 0 aromatic heterocycles. The van der Waals surface area contributed by atoms with Crippen molar-refractivity contribution in [3.8, 4) is 0 Å². The SMILES string of the molecule is C=C(C)c1cccc([SiH2]C(N(CCCC)CCCC)N(CCCC)CCCC)c1. The Balaban J connectivity index is 3.16. The lowest BCUT2D eigenvalue weighted by atomic mass is 10.1. The van der Waals surface area contributed by atoms with Gasteiger partial charge in [0.2, 0.25) is 0 Å². The van der Waals surface area contributed by atoms with E-state index in [1.807, 2.05) is 0 Å². The van der Waals surface area contributed by atoms with Crippen LogP contribution in [0.2, 0.25) is 0 Å². The number of hydrogen-bond acceptors (Lipinski definition) is 2. The molecule has 1 rings (SSSR count). The van der Waals surface area contributed by atoms with Crippen LogP contribution in [0.4, 0.5) is 0 Å². The van der Waals surface area contributed by atoms with E-state index in [0.717, 1.165) is 0 Å². The average molecular weight is 417 g/mol. The van der Waals surface area contributed by atoms with Crippen LogP contribution in [0.1, 0.15) is 91.5 Å². The first-order valence-electron chi connectivity index (χ1n) is 12.3. The minimum Gasteiger partial charge on any atom is -0.291 e. The summed E-state index contributed by atoms with van der Waals surface area (Å²) in [5.41, 5.74) is 2.50. The smallest absolute Gasteiger partial charge is 0.0923 e. The van der Waals surface area contributed by atoms with E-state index in [9.17, 15) is 0 Å². The lowest BCUT2D eigenvalue weighted by Gasteiger charge is -2.40. The van der Waals surface area contributed by atoms with Crippen LogP contribution in [0.25, 0.3) is 5.57 Å². The quantitative estimate of drug-likeness (QED) is 0.241. The lowest BCUT2D eigenvalue weighted by molar-refractivity contribution is 0.0911. The van der Waals surface area contributed by atoms with E-state index in [1.54, 1.807) is 5.19 Å². The standard InChI is InChI=1S/C26H48N2Si/c1-7-11-18-27(19-12-8-2)26(28(20-13-9-3)21-14-10-4)29-25-17-15-16-24(22-25)23(5)6/h15-17,22,26H,5,7-14,18-21,29H2,1-4,6H3. The van der Waals surface area contributed by atoms with Crippen LogP contribution in [0.5, 0.6) is 0 Å². The summed E-state index contributed by atoms with van der Waals surface area (Å²) in [5.74, 6) is 0.645. The molecule has 0 N–H and O–H groups in total. The Morgan fingerprint density at radius 3 is 1.66 bits per heavy atom. The minimum absolute atomic E-state index is 0.447. The fraction of sp³-hybridized carbons (Fsp3) is 0.692. The van der Waals surface area contributed by atoms with Crippen LogP contribution in [0.15, 0.2) is 30.8 Å². The van der Waals surface area contributed by atoms with Crippen molar-refractivity contribution in [2.45, 2.75) is 91.8 Å². The molecule has 0 aliphatic carbocycles. The molecule has 1 aromatic carbocycles. The zero-order valence-electron chi connectivity index (χ0n) is 20.2. The lowest BCUT2D eigenvalue weighted by Crippen LogP contribution is -2.55. The van der Waals surface area contributed by atoms with Crippen LogP contribution in [0, 0.1) is 0 Å². The molecule has 0 aliphatic heterocycles. The normalized spacial score (nSPS) is 12.1. The second kappa shape index (κ2) is 15.9. The topological polar surface area (TPSA) is 6.48 Å². The molecule has 0 spiro atoms. The van der Waals surface area contributed by atoms with Gasteiger partial charge in [-0.25, -0.2) is 0 Å². The summed E-state index contributed by atoms with van der Waals surface area (Å²) in [6.07, 6.45) is 10.4. The van der Waals surface area contributed by atoms with E-state index in [-0.39, 0.29) is 0 Å². The van der Waals surface area contributed by atoms with Gasteiger partial charge >= 0.3 is 0 Å². The summed E-state index contributed by atoms with van der Waals surface area (Å²) >= 11 is 0. The maximum Gasteiger partial charge on any atom is 0.0923 e. The molecule has 0 atom stereocenters. The van der Waals surface area contributed by atoms with Crippen molar-refractivity contribution >= 4 is 20.3 Å². The Hall–Kier alpha value is -0.903. The Morgan fingerprint density at radius 1 is 0.828 bits per heavy atom. The highest BCUT2D eigenvalue weighted by Gasteiger charge is 2.25. The van der Waals surface area contributed by atoms with Gasteiger partial charge < -0.3 is 0 Å². The van der Waals surface area contributed by atoms with Gasteiger partial charge in [-0.2, -0.15) is 0 Å². The molecular weight excluding hydrogens is 368 g/mol. The van der Waals surface area contributed by atoms with Crippen LogP contribution >= 0.6 is 0 Å². The van der Waals surface area contributed by atoms with Gasteiger partial charge in [0, 0.05) is 0 Å². The zero-order chi connectivity index (χ0) is 21.5. The van der Waals surface area contributed by atoms with Crippen LogP contribution in [-0.2, 0) is 0 Å². The van der Waals surface area contributed by atoms with Crippen molar-refractivity contribution in [3.05, 3.63) is 36.4 Å². The summed E-state index contributed by atoms with van der Waals surface area (Å²) in [6.45, 7) is 20.6. The van der Waals surface area contributed by atoms with Crippen molar-refractivity contribution in [1.82, 2.24) is 9.80 Å². The number of allylic oxidation sites excluding steroid dienone is 1. The fourth-order valence-electron chi connectivity index (χ4n) is 3.93. The van der Waals surface area contributed by atoms with Crippen molar-refractivity contribution in [1.29, 1.82) is 0 Å². The highest BCUT2D eigenvalue weighted by molar-refractivity contribution is 6.55. The molecular formula is C26H48N2Si. The minimum atomic E-state index is -0.447. The van der Waals surface area contributed by atoms with Gasteiger partial charge in [0.15, 0.2) is 0 Å². The largest absolute Gasteiger partial charge is 0.291 e. The second-order valence-corrected chi connectivity index (χ2v) is 10.6. The average Bonchev–Trinajstić information content (AvgIpc) is 2.73. The molecule has 1 aromatic rings. The van der Waals surface area contributed by atoms with Gasteiger partial charge in [-0.05, 0) is 64.3 Å². The van der Waals surface area contributed by atoms with Crippen molar-refractivity contribution < 1.29 is 0 Å². The molecule has 0 saturated carbocycles. The molecule has 0 fully saturated rings. The first kappa shape index (κ1) is 26.1. The van der Waals surface area contributed by atoms with Gasteiger partial charge in [0.1, 0.15) is 0 Å². The molecule has 0 heterocycles. The third-order valence-electron chi connectivity index (χ3n) is 5.88. The van der Waals surface area contributed by atoms with Crippen molar-refractivity contribution in [2.24, 2.45) is 0 Å². The maximum atomic E-state index is 4.17. The van der Waals surface area contributed by atoms with Crippen molar-refractivity contribution in [2.75, 3.05) is 26.2 Å². The second-order valence-electron chi connectivity index (χ2n) is 8.65. The summed E-state index contributed by atoms with van der Waals surface area (Å²) in [7, 11) is -0.447. The van der Waals surface area contributed by atoms with Gasteiger partial charge in [-0.1, -0.05) is 95.0 Å². The summed E-state index contributed by atoms with van der Waals surface area (Å²) in [4.78, 5) is 5.72. The van der Waals surface area contributed by atoms with Gasteiger partial charge in [-0.3, -0.25) is 9.80 Å². The van der Waals surface area contributed by atoms with Crippen molar-refractivity contribution in [3.63, 3.8) is 0 Å². The molecule has 0 bridgehead atoms. The molecule has 0 amide bonds. The summed E-state index contributed by atoms with van der Waals surface area (Å²) < 4.78 is 0. The fourth-order valence-corrected chi connectivity index (χ4v) is 6.21. The molecule has 166 valence electrons. The van der Waals surface area contributed by atoms with Gasteiger partial charge in [0.25, 0.3) is 0 Å². The van der Waals surface area contributed by atoms with E-state index in [2.05, 4.69) is 75.3 Å². The van der Waals surface area contributed by atoms with E-state index in [0.29, 0.717) is 5.79 Å². The Bertz CT molecular complexity index is 521. The molecule has 3 heteroatoms. The first-order valence-corrected chi connectivity index (χ1v) is 13.8. The zero-order valence-corrected chi connectivity index (χ0v) is 21.6. The van der Waals surface area contributed by atoms with Crippen LogP contribution in [0.3, 0.4) is 0 Å². The number of rotatable bonds is 17. The Kier molecular flexibility index (Phi) is 14.3. The first-order chi connectivity index (χ1) is 14.1. The van der Waals surface area contributed by atoms with E-state index >= 15 is 0 Å².